The molecule has 2 fully saturated rings. The number of hydrogen-bond acceptors (Lipinski definition) is 1. The number of ether oxygens (including phenoxy) is 1. The number of unbranched alkanes of at least 4 members (excludes halogenated alkanes) is 1. The van der Waals surface area contributed by atoms with Crippen LogP contribution in [-0.2, 0) is 4.74 Å². The van der Waals surface area contributed by atoms with Crippen LogP contribution in [-0.4, -0.2) is 18.1 Å². The van der Waals surface area contributed by atoms with E-state index in [1.54, 1.807) is 0 Å². The van der Waals surface area contributed by atoms with Gasteiger partial charge in [0, 0.05) is 5.88 Å². The number of hydrogen-bond donors (Lipinski definition) is 0. The molecule has 2 rings (SSSR count). The summed E-state index contributed by atoms with van der Waals surface area (Å²) < 4.78 is 6.02. The van der Waals surface area contributed by atoms with Crippen molar-refractivity contribution in [3.05, 3.63) is 0 Å². The summed E-state index contributed by atoms with van der Waals surface area (Å²) in [5.74, 6) is 1.81. The van der Waals surface area contributed by atoms with Gasteiger partial charge in [-0.1, -0.05) is 26.2 Å². The highest BCUT2D eigenvalue weighted by Crippen LogP contribution is 2.46. The van der Waals surface area contributed by atoms with E-state index in [1.165, 1.54) is 64.2 Å². The van der Waals surface area contributed by atoms with Crippen molar-refractivity contribution in [3.63, 3.8) is 0 Å². The minimum absolute atomic E-state index is 0.388. The van der Waals surface area contributed by atoms with Crippen LogP contribution in [0.25, 0.3) is 0 Å². The fraction of sp³-hybridized carbons (Fsp3) is 1.00. The molecule has 0 aromatic carbocycles. The monoisotopic (exact) mass is 286 g/mol. The fourth-order valence-corrected chi connectivity index (χ4v) is 4.36. The third kappa shape index (κ3) is 4.36. The van der Waals surface area contributed by atoms with Crippen LogP contribution in [0.3, 0.4) is 0 Å². The first kappa shape index (κ1) is 15.6. The summed E-state index contributed by atoms with van der Waals surface area (Å²) in [6.07, 6.45) is 14.3. The van der Waals surface area contributed by atoms with Gasteiger partial charge in [0.1, 0.15) is 0 Å². The van der Waals surface area contributed by atoms with Crippen LogP contribution in [0.15, 0.2) is 0 Å². The molecule has 2 heteroatoms. The molecule has 1 saturated heterocycles. The molecule has 2 aliphatic rings. The maximum absolute atomic E-state index is 6.35. The first-order valence-electron chi connectivity index (χ1n) is 8.39. The van der Waals surface area contributed by atoms with Gasteiger partial charge < -0.3 is 4.74 Å². The quantitative estimate of drug-likeness (QED) is 0.582. The fourth-order valence-electron chi connectivity index (χ4n) is 3.98. The van der Waals surface area contributed by atoms with E-state index in [9.17, 15) is 0 Å². The molecule has 1 nitrogen and oxygen atoms in total. The molecule has 0 radical (unpaired) electrons. The van der Waals surface area contributed by atoms with Gasteiger partial charge in [0.2, 0.25) is 0 Å². The van der Waals surface area contributed by atoms with E-state index in [1.807, 2.05) is 0 Å². The third-order valence-electron chi connectivity index (χ3n) is 5.40. The van der Waals surface area contributed by atoms with Crippen LogP contribution in [0.2, 0.25) is 0 Å². The van der Waals surface area contributed by atoms with Crippen LogP contribution >= 0.6 is 11.6 Å². The second-order valence-corrected chi connectivity index (χ2v) is 7.34. The predicted octanol–water partition coefficient (Wildman–Crippen LogP) is 5.55. The summed E-state index contributed by atoms with van der Waals surface area (Å²) in [6, 6.07) is 0. The molecule has 112 valence electrons. The summed E-state index contributed by atoms with van der Waals surface area (Å²) >= 11 is 6.35. The van der Waals surface area contributed by atoms with Gasteiger partial charge in [-0.25, -0.2) is 0 Å². The van der Waals surface area contributed by atoms with Crippen molar-refractivity contribution in [1.29, 1.82) is 0 Å². The van der Waals surface area contributed by atoms with E-state index in [-0.39, 0.29) is 0 Å². The molecule has 1 heterocycles. The van der Waals surface area contributed by atoms with Crippen molar-refractivity contribution in [2.24, 2.45) is 11.3 Å². The molecule has 2 unspecified atom stereocenters. The smallest absolute Gasteiger partial charge is 0.0585 e. The highest BCUT2D eigenvalue weighted by molar-refractivity contribution is 6.18. The van der Waals surface area contributed by atoms with Crippen molar-refractivity contribution >= 4 is 11.6 Å². The summed E-state index contributed by atoms with van der Waals surface area (Å²) in [7, 11) is 0. The van der Waals surface area contributed by atoms with Gasteiger partial charge in [0.05, 0.1) is 12.2 Å². The minimum Gasteiger partial charge on any atom is -0.375 e. The van der Waals surface area contributed by atoms with E-state index in [0.29, 0.717) is 17.6 Å². The molecule has 0 N–H and O–H groups in total. The highest BCUT2D eigenvalue weighted by atomic mass is 35.5. The zero-order valence-corrected chi connectivity index (χ0v) is 13.6. The van der Waals surface area contributed by atoms with Crippen LogP contribution < -0.4 is 0 Å². The van der Waals surface area contributed by atoms with Crippen molar-refractivity contribution < 1.29 is 4.74 Å². The lowest BCUT2D eigenvalue weighted by atomic mass is 9.68. The standard InChI is InChI=1S/C17H31ClO/c1-3-4-5-15-8-10-17(13-18,11-9-15)12-16-7-6-14(2)19-16/h14-16H,3-13H2,1-2H3. The highest BCUT2D eigenvalue weighted by Gasteiger charge is 2.38. The normalized spacial score (nSPS) is 39.6. The van der Waals surface area contributed by atoms with Crippen LogP contribution in [0.4, 0.5) is 0 Å². The Morgan fingerprint density at radius 3 is 2.42 bits per heavy atom. The van der Waals surface area contributed by atoms with Gasteiger partial charge >= 0.3 is 0 Å². The second kappa shape index (κ2) is 7.31. The molecule has 19 heavy (non-hydrogen) atoms. The SMILES string of the molecule is CCCCC1CCC(CCl)(CC2CCC(C)O2)CC1. The topological polar surface area (TPSA) is 9.23 Å². The van der Waals surface area contributed by atoms with Gasteiger partial charge in [-0.3, -0.25) is 0 Å². The van der Waals surface area contributed by atoms with Crippen LogP contribution in [0, 0.1) is 11.3 Å². The van der Waals surface area contributed by atoms with Gasteiger partial charge in [0.15, 0.2) is 0 Å². The zero-order valence-electron chi connectivity index (χ0n) is 12.8. The largest absolute Gasteiger partial charge is 0.375 e. The second-order valence-electron chi connectivity index (χ2n) is 7.07. The van der Waals surface area contributed by atoms with Gasteiger partial charge in [0.25, 0.3) is 0 Å². The Bertz CT molecular complexity index is 258. The Balaban J connectivity index is 1.80. The lowest BCUT2D eigenvalue weighted by molar-refractivity contribution is 0.0122. The van der Waals surface area contributed by atoms with E-state index in [0.717, 1.165) is 11.8 Å². The average Bonchev–Trinajstić information content (AvgIpc) is 2.83. The molecule has 0 spiro atoms. The Morgan fingerprint density at radius 2 is 1.89 bits per heavy atom. The van der Waals surface area contributed by atoms with E-state index >= 15 is 0 Å². The number of rotatable bonds is 6. The van der Waals surface area contributed by atoms with E-state index in [4.69, 9.17) is 16.3 Å². The Hall–Kier alpha value is 0.250. The molecule has 0 aromatic rings. The minimum atomic E-state index is 0.388. The molecular formula is C17H31ClO. The molecule has 1 aliphatic carbocycles. The summed E-state index contributed by atoms with van der Waals surface area (Å²) in [5.41, 5.74) is 0.388. The lowest BCUT2D eigenvalue weighted by Crippen LogP contribution is -2.33. The predicted molar refractivity (Wildman–Crippen MR) is 82.8 cm³/mol. The molecule has 1 saturated carbocycles. The first-order valence-corrected chi connectivity index (χ1v) is 8.92. The summed E-state index contributed by atoms with van der Waals surface area (Å²) in [4.78, 5) is 0. The Morgan fingerprint density at radius 1 is 1.16 bits per heavy atom. The maximum Gasteiger partial charge on any atom is 0.0585 e. The van der Waals surface area contributed by atoms with Crippen molar-refractivity contribution in [2.45, 2.75) is 90.3 Å². The zero-order chi connectivity index (χ0) is 13.7. The van der Waals surface area contributed by atoms with Gasteiger partial charge in [-0.15, -0.1) is 11.6 Å². The molecule has 1 aliphatic heterocycles. The molecule has 2 atom stereocenters. The van der Waals surface area contributed by atoms with Crippen molar-refractivity contribution in [3.8, 4) is 0 Å². The van der Waals surface area contributed by atoms with Gasteiger partial charge in [-0.05, 0) is 63.2 Å². The van der Waals surface area contributed by atoms with Crippen LogP contribution in [0.5, 0.6) is 0 Å². The average molecular weight is 287 g/mol. The van der Waals surface area contributed by atoms with E-state index in [2.05, 4.69) is 13.8 Å². The summed E-state index contributed by atoms with van der Waals surface area (Å²) in [5, 5.41) is 0. The molecule has 0 aromatic heterocycles. The Labute approximate surface area is 124 Å². The molecule has 0 amide bonds. The van der Waals surface area contributed by atoms with Crippen molar-refractivity contribution in [1.82, 2.24) is 0 Å². The number of alkyl halides is 1. The lowest BCUT2D eigenvalue weighted by Gasteiger charge is -2.40. The Kier molecular flexibility index (Phi) is 6.02. The van der Waals surface area contributed by atoms with Gasteiger partial charge in [-0.2, -0.15) is 0 Å². The summed E-state index contributed by atoms with van der Waals surface area (Å²) in [6.45, 7) is 4.50. The first-order chi connectivity index (χ1) is 9.17. The third-order valence-corrected chi connectivity index (χ3v) is 5.96. The molecular weight excluding hydrogens is 256 g/mol. The van der Waals surface area contributed by atoms with E-state index < -0.39 is 0 Å². The molecule has 0 bridgehead atoms. The van der Waals surface area contributed by atoms with Crippen molar-refractivity contribution in [2.75, 3.05) is 5.88 Å². The number of halogens is 1. The maximum atomic E-state index is 6.35. The van der Waals surface area contributed by atoms with Crippen LogP contribution in [0.1, 0.15) is 78.1 Å².